The quantitative estimate of drug-likeness (QED) is 0.264. The van der Waals surface area contributed by atoms with Crippen molar-refractivity contribution in [2.24, 2.45) is 35.5 Å². The minimum Gasteiger partial charge on any atom is -0.481 e. The van der Waals surface area contributed by atoms with Gasteiger partial charge in [-0.3, -0.25) is 4.79 Å². The summed E-state index contributed by atoms with van der Waals surface area (Å²) in [6, 6.07) is 0. The second-order valence-corrected chi connectivity index (χ2v) is 16.3. The average molecular weight is 671 g/mol. The number of methoxy groups -OCH3 is 1. The van der Waals surface area contributed by atoms with E-state index in [1.165, 1.54) is 7.11 Å². The highest BCUT2D eigenvalue weighted by Crippen LogP contribution is 2.55. The van der Waals surface area contributed by atoms with E-state index in [2.05, 4.69) is 27.7 Å². The van der Waals surface area contributed by atoms with Gasteiger partial charge in [0.25, 0.3) is 0 Å². The lowest BCUT2D eigenvalue weighted by Crippen LogP contribution is -2.57. The summed E-state index contributed by atoms with van der Waals surface area (Å²) in [5.41, 5.74) is -1.15. The molecule has 5 saturated heterocycles. The normalized spacial score (nSPS) is 50.9. The molecule has 11 heteroatoms. The summed E-state index contributed by atoms with van der Waals surface area (Å²) in [7, 11) is 1.52. The lowest BCUT2D eigenvalue weighted by atomic mass is 9.78. The third-order valence-electron chi connectivity index (χ3n) is 13.0. The third kappa shape index (κ3) is 6.67. The number of hydrogen-bond acceptors (Lipinski definition) is 10. The van der Waals surface area contributed by atoms with Gasteiger partial charge in [0, 0.05) is 37.7 Å². The van der Waals surface area contributed by atoms with Gasteiger partial charge in [0.2, 0.25) is 0 Å². The SMILES string of the molecule is CC[C@@]1(C2OC(C3OC(O)(CO)[C@H](C)C[C@@H]3C)C[C@@H]2C)CCC([C@]2(C)CCC3(CC(O)[C@@H](C)C([C@@H](C)C(OC)C(C)C(=O)O)O3)O2)O1. The fourth-order valence-corrected chi connectivity index (χ4v) is 9.91. The highest BCUT2D eigenvalue weighted by Gasteiger charge is 2.62. The first kappa shape index (κ1) is 37.4. The van der Waals surface area contributed by atoms with Gasteiger partial charge in [0.15, 0.2) is 11.6 Å². The summed E-state index contributed by atoms with van der Waals surface area (Å²) in [5.74, 6) is -4.52. The number of ether oxygens (including phenoxy) is 6. The molecule has 0 aromatic rings. The summed E-state index contributed by atoms with van der Waals surface area (Å²) in [4.78, 5) is 11.8. The molecule has 0 saturated carbocycles. The minimum absolute atomic E-state index is 0.153. The zero-order valence-corrected chi connectivity index (χ0v) is 30.0. The number of carbonyl (C=O) groups is 1. The lowest BCUT2D eigenvalue weighted by Gasteiger charge is -2.49. The van der Waals surface area contributed by atoms with Gasteiger partial charge in [-0.15, -0.1) is 0 Å². The van der Waals surface area contributed by atoms with Gasteiger partial charge >= 0.3 is 5.97 Å². The number of hydrogen-bond donors (Lipinski definition) is 4. The van der Waals surface area contributed by atoms with Gasteiger partial charge in [0.1, 0.15) is 0 Å². The molecule has 4 N–H and O–H groups in total. The van der Waals surface area contributed by atoms with Crippen LogP contribution in [0.15, 0.2) is 0 Å². The molecule has 5 aliphatic rings. The van der Waals surface area contributed by atoms with E-state index in [0.29, 0.717) is 19.3 Å². The molecule has 5 heterocycles. The molecule has 5 rings (SSSR count). The molecular weight excluding hydrogens is 608 g/mol. The molecule has 11 nitrogen and oxygen atoms in total. The molecule has 5 fully saturated rings. The summed E-state index contributed by atoms with van der Waals surface area (Å²) >= 11 is 0. The molecule has 0 radical (unpaired) electrons. The Kier molecular flexibility index (Phi) is 10.9. The van der Waals surface area contributed by atoms with E-state index in [1.807, 2.05) is 20.8 Å². The van der Waals surface area contributed by atoms with E-state index < -0.39 is 59.6 Å². The van der Waals surface area contributed by atoms with E-state index in [9.17, 15) is 25.2 Å². The summed E-state index contributed by atoms with van der Waals surface area (Å²) < 4.78 is 39.4. The van der Waals surface area contributed by atoms with Gasteiger partial charge in [-0.05, 0) is 64.2 Å². The smallest absolute Gasteiger partial charge is 0.308 e. The van der Waals surface area contributed by atoms with Crippen LogP contribution in [0.4, 0.5) is 0 Å². The van der Waals surface area contributed by atoms with Crippen LogP contribution in [-0.2, 0) is 33.2 Å². The summed E-state index contributed by atoms with van der Waals surface area (Å²) in [6.45, 7) is 15.6. The third-order valence-corrected chi connectivity index (χ3v) is 13.0. The maximum absolute atomic E-state index is 11.8. The molecule has 1 spiro atoms. The van der Waals surface area contributed by atoms with E-state index in [1.54, 1.807) is 6.92 Å². The Bertz CT molecular complexity index is 1110. The number of carboxylic acids is 1. The average Bonchev–Trinajstić information content (AvgIpc) is 3.73. The number of carboxylic acid groups (broad SMARTS) is 1. The van der Waals surface area contributed by atoms with Gasteiger partial charge in [-0.2, -0.15) is 0 Å². The second-order valence-electron chi connectivity index (χ2n) is 16.3. The molecule has 5 aliphatic heterocycles. The molecule has 0 amide bonds. The van der Waals surface area contributed by atoms with Crippen molar-refractivity contribution >= 4 is 5.97 Å². The van der Waals surface area contributed by atoms with Crippen LogP contribution in [0.25, 0.3) is 0 Å². The van der Waals surface area contributed by atoms with Crippen molar-refractivity contribution < 1.29 is 53.6 Å². The van der Waals surface area contributed by atoms with Crippen molar-refractivity contribution in [1.82, 2.24) is 0 Å². The maximum atomic E-state index is 11.8. The molecule has 17 atom stereocenters. The monoisotopic (exact) mass is 670 g/mol. The number of aliphatic hydroxyl groups is 3. The molecule has 272 valence electrons. The maximum Gasteiger partial charge on any atom is 0.308 e. The predicted molar refractivity (Wildman–Crippen MR) is 172 cm³/mol. The van der Waals surface area contributed by atoms with Crippen LogP contribution in [0.3, 0.4) is 0 Å². The van der Waals surface area contributed by atoms with Crippen molar-refractivity contribution in [3.05, 3.63) is 0 Å². The van der Waals surface area contributed by atoms with Crippen LogP contribution in [0.2, 0.25) is 0 Å². The molecule has 0 bridgehead atoms. The Morgan fingerprint density at radius 1 is 1.02 bits per heavy atom. The van der Waals surface area contributed by atoms with E-state index >= 15 is 0 Å². The molecular formula is C36H62O11. The summed E-state index contributed by atoms with van der Waals surface area (Å²) in [6.07, 6.45) is 2.99. The number of rotatable bonds is 10. The Morgan fingerprint density at radius 2 is 1.72 bits per heavy atom. The molecule has 10 unspecified atom stereocenters. The molecule has 0 aromatic heterocycles. The Morgan fingerprint density at radius 3 is 2.34 bits per heavy atom. The lowest BCUT2D eigenvalue weighted by molar-refractivity contribution is -0.336. The Hall–Kier alpha value is -0.890. The first-order chi connectivity index (χ1) is 22.0. The van der Waals surface area contributed by atoms with E-state index in [-0.39, 0.29) is 54.0 Å². The zero-order chi connectivity index (χ0) is 34.7. The van der Waals surface area contributed by atoms with Gasteiger partial charge in [0.05, 0.1) is 66.5 Å². The highest BCUT2D eigenvalue weighted by atomic mass is 16.7. The van der Waals surface area contributed by atoms with Gasteiger partial charge < -0.3 is 48.8 Å². The predicted octanol–water partition coefficient (Wildman–Crippen LogP) is 4.27. The highest BCUT2D eigenvalue weighted by molar-refractivity contribution is 5.70. The fourth-order valence-electron chi connectivity index (χ4n) is 9.91. The van der Waals surface area contributed by atoms with Crippen molar-refractivity contribution in [2.75, 3.05) is 13.7 Å². The number of aliphatic hydroxyl groups excluding tert-OH is 2. The van der Waals surface area contributed by atoms with Crippen LogP contribution < -0.4 is 0 Å². The fraction of sp³-hybridized carbons (Fsp3) is 0.972. The minimum atomic E-state index is -1.56. The van der Waals surface area contributed by atoms with Crippen molar-refractivity contribution in [2.45, 2.75) is 172 Å². The van der Waals surface area contributed by atoms with Crippen LogP contribution in [0.1, 0.15) is 107 Å². The topological polar surface area (TPSA) is 153 Å². The van der Waals surface area contributed by atoms with Crippen molar-refractivity contribution in [3.63, 3.8) is 0 Å². The number of aliphatic carboxylic acids is 1. The van der Waals surface area contributed by atoms with Crippen LogP contribution in [0, 0.1) is 35.5 Å². The van der Waals surface area contributed by atoms with Crippen molar-refractivity contribution in [1.29, 1.82) is 0 Å². The van der Waals surface area contributed by atoms with Crippen LogP contribution in [-0.4, -0.2) is 106 Å². The molecule has 0 aromatic carbocycles. The standard InChI is InChI=1S/C36H62O11/c1-10-34(31-20(3)16-26(43-31)28-19(2)15-21(4)36(41,18-37)46-28)12-11-27(44-34)33(8)13-14-35(47-33)17-25(38)22(5)30(45-35)23(6)29(42-9)24(7)32(39)40/h19-31,37-38,41H,10-18H2,1-9H3,(H,39,40)/t19-,20-,21+,22+,23-,24?,25?,26?,27?,28?,29?,30?,31?,33-,34-,35?,36?/m0/s1. The zero-order valence-electron chi connectivity index (χ0n) is 30.0. The van der Waals surface area contributed by atoms with Gasteiger partial charge in [-0.1, -0.05) is 41.5 Å². The Labute approximate surface area is 281 Å². The Balaban J connectivity index is 1.29. The van der Waals surface area contributed by atoms with Crippen LogP contribution in [0.5, 0.6) is 0 Å². The molecule has 0 aliphatic carbocycles. The largest absolute Gasteiger partial charge is 0.481 e. The first-order valence-electron chi connectivity index (χ1n) is 18.1. The van der Waals surface area contributed by atoms with Crippen molar-refractivity contribution in [3.8, 4) is 0 Å². The second kappa shape index (κ2) is 13.7. The first-order valence-corrected chi connectivity index (χ1v) is 18.1. The van der Waals surface area contributed by atoms with E-state index in [0.717, 1.165) is 32.1 Å². The van der Waals surface area contributed by atoms with E-state index in [4.69, 9.17) is 28.4 Å². The van der Waals surface area contributed by atoms with Crippen LogP contribution >= 0.6 is 0 Å². The van der Waals surface area contributed by atoms with Gasteiger partial charge in [-0.25, -0.2) is 0 Å². The summed E-state index contributed by atoms with van der Waals surface area (Å²) in [5, 5.41) is 41.8. The molecule has 47 heavy (non-hydrogen) atoms.